The van der Waals surface area contributed by atoms with Crippen molar-refractivity contribution in [3.8, 4) is 0 Å². The molecule has 3 aromatic heterocycles. The van der Waals surface area contributed by atoms with Gasteiger partial charge in [0.05, 0.1) is 22.3 Å². The van der Waals surface area contributed by atoms with Crippen LogP contribution in [0.3, 0.4) is 0 Å². The number of nitrogens with zero attached hydrogens (tertiary/aromatic N) is 5. The predicted molar refractivity (Wildman–Crippen MR) is 121 cm³/mol. The summed E-state index contributed by atoms with van der Waals surface area (Å²) in [6.07, 6.45) is 11.7. The zero-order valence-corrected chi connectivity index (χ0v) is 18.5. The Labute approximate surface area is 183 Å². The molecule has 0 saturated carbocycles. The molecule has 2 fully saturated rings. The smallest absolute Gasteiger partial charge is 0.211 e. The highest BCUT2D eigenvalue weighted by Crippen LogP contribution is 2.43. The average molecular weight is 438 g/mol. The van der Waals surface area contributed by atoms with E-state index < -0.39 is 0 Å². The summed E-state index contributed by atoms with van der Waals surface area (Å²) < 4.78 is 13.6. The Morgan fingerprint density at radius 3 is 2.90 bits per heavy atom. The summed E-state index contributed by atoms with van der Waals surface area (Å²) in [5.74, 6) is 0.990. The second-order valence-electron chi connectivity index (χ2n) is 8.46. The molecule has 0 radical (unpaired) electrons. The van der Waals surface area contributed by atoms with Crippen LogP contribution < -0.4 is 4.90 Å². The number of piperidine rings is 1. The third-order valence-corrected chi connectivity index (χ3v) is 8.49. The van der Waals surface area contributed by atoms with E-state index in [1.54, 1.807) is 11.8 Å². The highest BCUT2D eigenvalue weighted by Gasteiger charge is 2.41. The molecule has 6 rings (SSSR count). The predicted octanol–water partition coefficient (Wildman–Crippen LogP) is 4.89. The van der Waals surface area contributed by atoms with Gasteiger partial charge in [-0.25, -0.2) is 9.97 Å². The van der Waals surface area contributed by atoms with Gasteiger partial charge in [-0.05, 0) is 49.2 Å². The molecule has 0 aliphatic carbocycles. The van der Waals surface area contributed by atoms with Crippen molar-refractivity contribution >= 4 is 45.0 Å². The van der Waals surface area contributed by atoms with Crippen LogP contribution in [0, 0.1) is 5.41 Å². The Morgan fingerprint density at radius 1 is 1.17 bits per heavy atom. The molecule has 0 amide bonds. The van der Waals surface area contributed by atoms with E-state index in [-0.39, 0.29) is 0 Å². The number of benzene rings is 1. The van der Waals surface area contributed by atoms with Crippen LogP contribution in [0.15, 0.2) is 52.8 Å². The molecule has 2 saturated heterocycles. The van der Waals surface area contributed by atoms with Crippen LogP contribution in [0.4, 0.5) is 5.95 Å². The maximum absolute atomic E-state index is 5.89. The lowest BCUT2D eigenvalue weighted by Gasteiger charge is -2.39. The molecule has 1 atom stereocenters. The van der Waals surface area contributed by atoms with Gasteiger partial charge in [0.2, 0.25) is 5.95 Å². The summed E-state index contributed by atoms with van der Waals surface area (Å²) in [6.45, 7) is 5.14. The maximum atomic E-state index is 5.89. The second kappa shape index (κ2) is 7.21. The summed E-state index contributed by atoms with van der Waals surface area (Å²) in [5, 5.41) is 1.18. The molecule has 0 bridgehead atoms. The highest BCUT2D eigenvalue weighted by molar-refractivity contribution is 8.00. The van der Waals surface area contributed by atoms with Crippen LogP contribution >= 0.6 is 23.3 Å². The molecule has 5 heterocycles. The Morgan fingerprint density at radius 2 is 2.07 bits per heavy atom. The highest BCUT2D eigenvalue weighted by atomic mass is 32.2. The zero-order chi connectivity index (χ0) is 20.1. The van der Waals surface area contributed by atoms with Crippen molar-refractivity contribution in [2.24, 2.45) is 5.41 Å². The van der Waals surface area contributed by atoms with Crippen molar-refractivity contribution in [3.05, 3.63) is 43.0 Å². The molecule has 0 N–H and O–H groups in total. The van der Waals surface area contributed by atoms with Gasteiger partial charge >= 0.3 is 0 Å². The minimum Gasteiger partial charge on any atom is -0.378 e. The van der Waals surface area contributed by atoms with Gasteiger partial charge < -0.3 is 9.64 Å². The van der Waals surface area contributed by atoms with Crippen LogP contribution in [-0.2, 0) is 4.74 Å². The number of imidazole rings is 1. The largest absolute Gasteiger partial charge is 0.378 e. The second-order valence-corrected chi connectivity index (χ2v) is 10.3. The van der Waals surface area contributed by atoms with E-state index in [0.717, 1.165) is 36.2 Å². The van der Waals surface area contributed by atoms with Gasteiger partial charge in [0, 0.05) is 48.2 Å². The first-order chi connectivity index (χ1) is 14.7. The molecular formula is C22H23N5OS2. The SMILES string of the molecule is C[C@H]1CC2(CCN(c3ncc(Sc4cccc5cnsc45)c4nccn34)CC2)CO1. The number of ether oxygens (including phenoxy) is 1. The first-order valence-electron chi connectivity index (χ1n) is 10.4. The number of hydrogen-bond donors (Lipinski definition) is 0. The van der Waals surface area contributed by atoms with Crippen molar-refractivity contribution in [3.63, 3.8) is 0 Å². The van der Waals surface area contributed by atoms with Crippen molar-refractivity contribution in [2.45, 2.75) is 42.1 Å². The lowest BCUT2D eigenvalue weighted by Crippen LogP contribution is -2.41. The Balaban J connectivity index is 1.29. The quantitative estimate of drug-likeness (QED) is 0.455. The van der Waals surface area contributed by atoms with Crippen LogP contribution in [0.25, 0.3) is 15.7 Å². The topological polar surface area (TPSA) is 55.6 Å². The zero-order valence-electron chi connectivity index (χ0n) is 16.8. The van der Waals surface area contributed by atoms with Crippen molar-refractivity contribution in [2.75, 3.05) is 24.6 Å². The first kappa shape index (κ1) is 18.6. The number of hydrogen-bond acceptors (Lipinski definition) is 7. The molecule has 6 nitrogen and oxygen atoms in total. The van der Waals surface area contributed by atoms with E-state index in [1.165, 1.54) is 45.8 Å². The fourth-order valence-corrected chi connectivity index (χ4v) is 6.67. The van der Waals surface area contributed by atoms with Gasteiger partial charge in [-0.1, -0.05) is 23.9 Å². The molecule has 1 spiro atoms. The molecule has 2 aliphatic heterocycles. The van der Waals surface area contributed by atoms with Crippen LogP contribution in [0.2, 0.25) is 0 Å². The van der Waals surface area contributed by atoms with Gasteiger partial charge in [0.25, 0.3) is 0 Å². The van der Waals surface area contributed by atoms with E-state index >= 15 is 0 Å². The van der Waals surface area contributed by atoms with Gasteiger partial charge in [0.15, 0.2) is 5.65 Å². The van der Waals surface area contributed by atoms with Crippen molar-refractivity contribution in [1.29, 1.82) is 0 Å². The molecule has 1 aromatic carbocycles. The van der Waals surface area contributed by atoms with Gasteiger partial charge in [-0.15, -0.1) is 0 Å². The Hall–Kier alpha value is -2.16. The molecule has 2 aliphatic rings. The normalized spacial score (nSPS) is 21.2. The van der Waals surface area contributed by atoms with E-state index in [2.05, 4.69) is 43.8 Å². The van der Waals surface area contributed by atoms with Gasteiger partial charge in [0.1, 0.15) is 0 Å². The summed E-state index contributed by atoms with van der Waals surface area (Å²) in [7, 11) is 0. The third-order valence-electron chi connectivity index (χ3n) is 6.44. The summed E-state index contributed by atoms with van der Waals surface area (Å²) in [4.78, 5) is 14.2. The molecular weight excluding hydrogens is 414 g/mol. The standard InChI is InChI=1S/C22H23N5OS2/c1-15-11-22(14-28-15)5-8-26(9-6-22)21-24-13-18(20-23-7-10-27(20)21)29-17-4-2-3-16-12-25-30-19(16)17/h2-4,7,10,12-13,15H,5-6,8-9,11,14H2,1H3/t15-/m0/s1. The average Bonchev–Trinajstić information content (AvgIpc) is 3.50. The van der Waals surface area contributed by atoms with E-state index in [9.17, 15) is 0 Å². The molecule has 30 heavy (non-hydrogen) atoms. The van der Waals surface area contributed by atoms with Crippen LogP contribution in [0.5, 0.6) is 0 Å². The minimum absolute atomic E-state index is 0.368. The lowest BCUT2D eigenvalue weighted by molar-refractivity contribution is 0.0975. The Bertz CT molecular complexity index is 1210. The number of anilines is 1. The molecule has 8 heteroatoms. The molecule has 0 unspecified atom stereocenters. The van der Waals surface area contributed by atoms with E-state index in [1.807, 2.05) is 24.8 Å². The first-order valence-corrected chi connectivity index (χ1v) is 12.0. The minimum atomic E-state index is 0.368. The fraction of sp³-hybridized carbons (Fsp3) is 0.409. The lowest BCUT2D eigenvalue weighted by atomic mass is 9.77. The molecule has 154 valence electrons. The fourth-order valence-electron chi connectivity index (χ4n) is 4.83. The van der Waals surface area contributed by atoms with Crippen molar-refractivity contribution < 1.29 is 4.74 Å². The monoisotopic (exact) mass is 437 g/mol. The maximum Gasteiger partial charge on any atom is 0.211 e. The Kier molecular flexibility index (Phi) is 4.47. The number of fused-ring (bicyclic) bond motifs is 2. The molecule has 4 aromatic rings. The third kappa shape index (κ3) is 3.09. The van der Waals surface area contributed by atoms with Crippen LogP contribution in [-0.4, -0.2) is 44.5 Å². The summed E-state index contributed by atoms with van der Waals surface area (Å²) in [5.41, 5.74) is 1.33. The van der Waals surface area contributed by atoms with Gasteiger partial charge in [-0.2, -0.15) is 4.37 Å². The number of rotatable bonds is 3. The number of aromatic nitrogens is 4. The summed E-state index contributed by atoms with van der Waals surface area (Å²) in [6, 6.07) is 6.34. The van der Waals surface area contributed by atoms with Crippen molar-refractivity contribution in [1.82, 2.24) is 18.7 Å². The van der Waals surface area contributed by atoms with E-state index in [4.69, 9.17) is 9.72 Å². The van der Waals surface area contributed by atoms with Crippen LogP contribution in [0.1, 0.15) is 26.2 Å². The van der Waals surface area contributed by atoms with Gasteiger partial charge in [-0.3, -0.25) is 4.40 Å². The summed E-state index contributed by atoms with van der Waals surface area (Å²) >= 11 is 3.26. The van der Waals surface area contributed by atoms with E-state index in [0.29, 0.717) is 11.5 Å².